The molecule has 218 valence electrons. The van der Waals surface area contributed by atoms with Gasteiger partial charge in [0.2, 0.25) is 0 Å². The number of carboxylic acids is 1. The van der Waals surface area contributed by atoms with Crippen molar-refractivity contribution in [3.05, 3.63) is 96.6 Å². The first kappa shape index (κ1) is 25.7. The van der Waals surface area contributed by atoms with Gasteiger partial charge >= 0.3 is 12.1 Å². The summed E-state index contributed by atoms with van der Waals surface area (Å²) in [6.45, 7) is 0. The van der Waals surface area contributed by atoms with E-state index in [1.807, 2.05) is 54.6 Å². The average molecular weight is 603 g/mol. The van der Waals surface area contributed by atoms with Crippen LogP contribution in [0, 0.1) is 0 Å². The van der Waals surface area contributed by atoms with Crippen LogP contribution < -0.4 is 0 Å². The molecule has 9 rings (SSSR count). The van der Waals surface area contributed by atoms with Gasteiger partial charge in [-0.05, 0) is 6.07 Å². The lowest BCUT2D eigenvalue weighted by molar-refractivity contribution is 0.0699. The largest absolute Gasteiger partial charge is 0.478 e. The molecule has 12 nitrogen and oxygen atoms in total. The standard InChI is InChI=1S/C34H18N8O4/c43-33(44)23-15-7-14-22-24(23)30-38-26-17-9-2-4-11-19(17)28(36-26)41-32-21-13-6-5-12-20(21)31(42(32)34(45)46)40-27-18-10-3-1-8-16(18)25(35-27)37-29(22)39-30/h1-15H,(H,43,44)(H,45,46)(H,35,36,37,38,39,40,41). The first-order valence-electron chi connectivity index (χ1n) is 14.2. The zero-order valence-corrected chi connectivity index (χ0v) is 23.5. The predicted molar refractivity (Wildman–Crippen MR) is 170 cm³/mol. The van der Waals surface area contributed by atoms with E-state index < -0.39 is 12.1 Å². The average Bonchev–Trinajstić information content (AvgIpc) is 3.79. The second kappa shape index (κ2) is 9.34. The SMILES string of the molecule is O=C(O)c1cccc2c3nc4nc(nc5c6ccccc6c(nc6nc(nc([nH]3)c12)-c1ccccc1-6)n5C(=O)O)-c1ccccc1-4. The van der Waals surface area contributed by atoms with E-state index in [9.17, 15) is 19.8 Å². The van der Waals surface area contributed by atoms with Crippen molar-refractivity contribution in [1.29, 1.82) is 0 Å². The molecule has 5 heterocycles. The zero-order valence-electron chi connectivity index (χ0n) is 23.5. The van der Waals surface area contributed by atoms with Crippen LogP contribution in [-0.4, -0.2) is 61.7 Å². The number of carboxylic acid groups (broad SMARTS) is 2. The van der Waals surface area contributed by atoms with Gasteiger partial charge in [0.05, 0.1) is 5.56 Å². The van der Waals surface area contributed by atoms with Crippen LogP contribution in [0.1, 0.15) is 10.4 Å². The van der Waals surface area contributed by atoms with Gasteiger partial charge in [0, 0.05) is 43.8 Å². The predicted octanol–water partition coefficient (Wildman–Crippen LogP) is 6.57. The molecule has 0 saturated heterocycles. The summed E-state index contributed by atoms with van der Waals surface area (Å²) in [5.41, 5.74) is 3.53. The lowest BCUT2D eigenvalue weighted by Gasteiger charge is -1.99. The number of H-pyrrole nitrogens is 1. The highest BCUT2D eigenvalue weighted by molar-refractivity contribution is 6.15. The number of fused-ring (bicyclic) bond motifs is 20. The Hall–Kier alpha value is -6.82. The molecular formula is C34H18N8O4. The Morgan fingerprint density at radius 1 is 0.522 bits per heavy atom. The highest BCUT2D eigenvalue weighted by Crippen LogP contribution is 2.37. The van der Waals surface area contributed by atoms with Crippen molar-refractivity contribution >= 4 is 56.2 Å². The minimum Gasteiger partial charge on any atom is -0.478 e. The minimum absolute atomic E-state index is 0.0432. The summed E-state index contributed by atoms with van der Waals surface area (Å²) in [4.78, 5) is 57.4. The second-order valence-electron chi connectivity index (χ2n) is 10.7. The van der Waals surface area contributed by atoms with Gasteiger partial charge in [0.25, 0.3) is 0 Å². The summed E-state index contributed by atoms with van der Waals surface area (Å²) in [6.07, 6.45) is -1.28. The Morgan fingerprint density at radius 2 is 0.978 bits per heavy atom. The summed E-state index contributed by atoms with van der Waals surface area (Å²) >= 11 is 0. The normalized spacial score (nSPS) is 11.8. The number of nitrogens with zero attached hydrogens (tertiary/aromatic N) is 7. The van der Waals surface area contributed by atoms with Crippen LogP contribution in [-0.2, 0) is 0 Å². The summed E-state index contributed by atoms with van der Waals surface area (Å²) in [5.74, 6) is -0.0109. The maximum atomic E-state index is 12.9. The number of nitrogens with one attached hydrogen (secondary N) is 1. The van der Waals surface area contributed by atoms with E-state index in [1.54, 1.807) is 30.3 Å². The molecule has 0 unspecified atom stereocenters. The van der Waals surface area contributed by atoms with Crippen LogP contribution in [0.3, 0.4) is 0 Å². The number of rotatable bonds is 1. The van der Waals surface area contributed by atoms with Crippen molar-refractivity contribution in [2.24, 2.45) is 0 Å². The van der Waals surface area contributed by atoms with Gasteiger partial charge in [0.1, 0.15) is 11.3 Å². The molecule has 8 bridgehead atoms. The fourth-order valence-electron chi connectivity index (χ4n) is 6.15. The van der Waals surface area contributed by atoms with Crippen molar-refractivity contribution < 1.29 is 19.8 Å². The van der Waals surface area contributed by atoms with Gasteiger partial charge in [-0.3, -0.25) is 0 Å². The highest BCUT2D eigenvalue weighted by Gasteiger charge is 2.25. The van der Waals surface area contributed by atoms with Crippen LogP contribution in [0.15, 0.2) is 91.0 Å². The lowest BCUT2D eigenvalue weighted by Crippen LogP contribution is -2.09. The van der Waals surface area contributed by atoms with Gasteiger partial charge in [-0.2, -0.15) is 0 Å². The van der Waals surface area contributed by atoms with E-state index in [2.05, 4.69) is 4.98 Å². The molecule has 46 heavy (non-hydrogen) atoms. The smallest absolute Gasteiger partial charge is 0.418 e. The van der Waals surface area contributed by atoms with E-state index in [0.717, 1.165) is 4.57 Å². The molecule has 4 aromatic carbocycles. The Morgan fingerprint density at radius 3 is 1.48 bits per heavy atom. The number of aromatic nitrogens is 8. The van der Waals surface area contributed by atoms with Crippen LogP contribution in [0.4, 0.5) is 4.79 Å². The maximum absolute atomic E-state index is 12.9. The fourth-order valence-corrected chi connectivity index (χ4v) is 6.15. The molecule has 7 aromatic rings. The van der Waals surface area contributed by atoms with E-state index >= 15 is 0 Å². The van der Waals surface area contributed by atoms with E-state index in [0.29, 0.717) is 55.3 Å². The number of hydrogen-bond acceptors (Lipinski definition) is 8. The molecule has 12 heteroatoms. The number of aromatic amines is 1. The molecular weight excluding hydrogens is 584 g/mol. The summed E-state index contributed by atoms with van der Waals surface area (Å²) in [7, 11) is 0. The monoisotopic (exact) mass is 602 g/mol. The van der Waals surface area contributed by atoms with Crippen LogP contribution in [0.5, 0.6) is 0 Å². The molecule has 2 aliphatic rings. The molecule has 0 amide bonds. The molecule has 3 aromatic heterocycles. The fraction of sp³-hybridized carbons (Fsp3) is 0. The Balaban J connectivity index is 1.56. The van der Waals surface area contributed by atoms with Crippen LogP contribution in [0.2, 0.25) is 0 Å². The third-order valence-electron chi connectivity index (χ3n) is 8.15. The van der Waals surface area contributed by atoms with Crippen molar-refractivity contribution in [3.63, 3.8) is 0 Å². The second-order valence-corrected chi connectivity index (χ2v) is 10.7. The van der Waals surface area contributed by atoms with Crippen molar-refractivity contribution in [2.75, 3.05) is 0 Å². The molecule has 0 atom stereocenters. The molecule has 0 radical (unpaired) electrons. The van der Waals surface area contributed by atoms with Crippen molar-refractivity contribution in [3.8, 4) is 45.6 Å². The first-order chi connectivity index (χ1) is 22.5. The summed E-state index contributed by atoms with van der Waals surface area (Å²) in [6, 6.07) is 26.8. The van der Waals surface area contributed by atoms with E-state index in [4.69, 9.17) is 29.9 Å². The van der Waals surface area contributed by atoms with Crippen LogP contribution >= 0.6 is 0 Å². The molecule has 0 fully saturated rings. The number of carbonyl (C=O) groups is 2. The molecule has 0 spiro atoms. The lowest BCUT2D eigenvalue weighted by atomic mass is 10.1. The van der Waals surface area contributed by atoms with Gasteiger partial charge in [-0.1, -0.05) is 84.9 Å². The van der Waals surface area contributed by atoms with E-state index in [1.165, 1.54) is 6.07 Å². The van der Waals surface area contributed by atoms with Crippen LogP contribution in [0.25, 0.3) is 89.7 Å². The number of benzene rings is 4. The molecule has 0 aliphatic carbocycles. The number of hydrogen-bond donors (Lipinski definition) is 3. The highest BCUT2D eigenvalue weighted by atomic mass is 16.4. The Kier molecular flexibility index (Phi) is 5.21. The quantitative estimate of drug-likeness (QED) is 0.187. The van der Waals surface area contributed by atoms with Gasteiger partial charge in [-0.25, -0.2) is 44.1 Å². The maximum Gasteiger partial charge on any atom is 0.418 e. The van der Waals surface area contributed by atoms with Gasteiger partial charge in [0.15, 0.2) is 34.6 Å². The van der Waals surface area contributed by atoms with E-state index in [-0.39, 0.29) is 40.0 Å². The van der Waals surface area contributed by atoms with Gasteiger partial charge < -0.3 is 15.2 Å². The Bertz CT molecular complexity index is 2680. The molecule has 2 aliphatic heterocycles. The van der Waals surface area contributed by atoms with Crippen molar-refractivity contribution in [1.82, 2.24) is 39.5 Å². The number of aromatic carboxylic acids is 1. The topological polar surface area (TPSA) is 173 Å². The van der Waals surface area contributed by atoms with Crippen molar-refractivity contribution in [2.45, 2.75) is 0 Å². The molecule has 0 saturated carbocycles. The third-order valence-corrected chi connectivity index (χ3v) is 8.15. The summed E-state index contributed by atoms with van der Waals surface area (Å²) in [5, 5.41) is 22.7. The Labute approximate surface area is 257 Å². The molecule has 3 N–H and O–H groups in total. The minimum atomic E-state index is -1.28. The van der Waals surface area contributed by atoms with Gasteiger partial charge in [-0.15, -0.1) is 0 Å². The first-order valence-corrected chi connectivity index (χ1v) is 14.2. The summed E-state index contributed by atoms with van der Waals surface area (Å²) < 4.78 is 1.04. The third kappa shape index (κ3) is 3.61. The zero-order chi connectivity index (χ0) is 31.1.